The van der Waals surface area contributed by atoms with Gasteiger partial charge in [-0.15, -0.1) is 13.2 Å². The number of carbonyl (C=O) groups is 1. The Balaban J connectivity index is 2.61. The van der Waals surface area contributed by atoms with Crippen LogP contribution in [0.4, 0.5) is 13.2 Å². The molecule has 0 unspecified atom stereocenters. The lowest BCUT2D eigenvalue weighted by atomic mass is 9.98. The molecule has 1 aromatic rings. The van der Waals surface area contributed by atoms with Crippen molar-refractivity contribution in [2.24, 2.45) is 0 Å². The average molecular weight is 352 g/mol. The molecule has 5 nitrogen and oxygen atoms in total. The molecule has 0 atom stereocenters. The molecule has 1 aliphatic heterocycles. The number of nitrogens with one attached hydrogen (secondary N) is 1. The number of amides is 1. The van der Waals surface area contributed by atoms with Crippen molar-refractivity contribution < 1.29 is 32.5 Å². The van der Waals surface area contributed by atoms with E-state index in [0.29, 0.717) is 0 Å². The van der Waals surface area contributed by atoms with Gasteiger partial charge < -0.3 is 19.9 Å². The van der Waals surface area contributed by atoms with Crippen LogP contribution in [0.3, 0.4) is 0 Å². The van der Waals surface area contributed by atoms with Crippen molar-refractivity contribution in [1.82, 2.24) is 5.32 Å². The Morgan fingerprint density at radius 2 is 1.91 bits per heavy atom. The first-order valence-corrected chi connectivity index (χ1v) is 6.74. The molecular formula is C14H13ClF3NO4. The number of aliphatic hydroxyl groups excluding tert-OH is 1. The highest BCUT2D eigenvalue weighted by atomic mass is 35.5. The number of ether oxygens (including phenoxy) is 2. The van der Waals surface area contributed by atoms with Crippen LogP contribution in [0.1, 0.15) is 19.4 Å². The number of carbonyl (C=O) groups excluding carboxylic acids is 1. The van der Waals surface area contributed by atoms with E-state index in [1.165, 1.54) is 7.11 Å². The van der Waals surface area contributed by atoms with Crippen LogP contribution in [0, 0.1) is 0 Å². The minimum Gasteiger partial charge on any atom is -0.509 e. The fourth-order valence-corrected chi connectivity index (χ4v) is 2.51. The summed E-state index contributed by atoms with van der Waals surface area (Å²) in [4.78, 5) is 12.1. The normalized spacial score (nSPS) is 17.3. The maximum atomic E-state index is 12.3. The molecule has 2 rings (SSSR count). The molecule has 23 heavy (non-hydrogen) atoms. The summed E-state index contributed by atoms with van der Waals surface area (Å²) in [5, 5.41) is 12.5. The summed E-state index contributed by atoms with van der Waals surface area (Å²) >= 11 is 5.99. The van der Waals surface area contributed by atoms with Crippen LogP contribution in [0.15, 0.2) is 17.9 Å². The SMILES string of the molecule is COc1cc(OC(F)(F)F)cc(Cl)c1C1=C(O)C(C)(C)NC1=O. The van der Waals surface area contributed by atoms with Crippen LogP contribution in [0.25, 0.3) is 5.57 Å². The Morgan fingerprint density at radius 1 is 1.30 bits per heavy atom. The molecule has 1 aliphatic rings. The molecule has 1 aromatic carbocycles. The van der Waals surface area contributed by atoms with Gasteiger partial charge in [-0.2, -0.15) is 0 Å². The molecule has 0 bridgehead atoms. The fourth-order valence-electron chi connectivity index (χ4n) is 2.21. The van der Waals surface area contributed by atoms with Gasteiger partial charge in [-0.1, -0.05) is 11.6 Å². The molecule has 0 fully saturated rings. The fraction of sp³-hybridized carbons (Fsp3) is 0.357. The number of hydrogen-bond donors (Lipinski definition) is 2. The number of hydrogen-bond acceptors (Lipinski definition) is 4. The minimum atomic E-state index is -4.90. The first kappa shape index (κ1) is 17.3. The summed E-state index contributed by atoms with van der Waals surface area (Å²) in [6, 6.07) is 1.83. The highest BCUT2D eigenvalue weighted by Gasteiger charge is 2.41. The zero-order valence-corrected chi connectivity index (χ0v) is 13.1. The van der Waals surface area contributed by atoms with Crippen LogP contribution in [-0.2, 0) is 4.79 Å². The number of aliphatic hydroxyl groups is 1. The van der Waals surface area contributed by atoms with E-state index in [2.05, 4.69) is 10.1 Å². The van der Waals surface area contributed by atoms with Crippen LogP contribution in [0.5, 0.6) is 11.5 Å². The maximum absolute atomic E-state index is 12.3. The van der Waals surface area contributed by atoms with E-state index in [1.807, 2.05) is 0 Å². The zero-order valence-electron chi connectivity index (χ0n) is 12.3. The summed E-state index contributed by atoms with van der Waals surface area (Å²) in [7, 11) is 1.20. The number of halogens is 4. The van der Waals surface area contributed by atoms with E-state index < -0.39 is 23.6 Å². The quantitative estimate of drug-likeness (QED) is 0.875. The third-order valence-corrected chi connectivity index (χ3v) is 3.51. The lowest BCUT2D eigenvalue weighted by molar-refractivity contribution is -0.274. The number of rotatable bonds is 3. The van der Waals surface area contributed by atoms with Crippen molar-refractivity contribution in [3.8, 4) is 11.5 Å². The Kier molecular flexibility index (Phi) is 4.14. The van der Waals surface area contributed by atoms with Crippen molar-refractivity contribution in [2.75, 3.05) is 7.11 Å². The van der Waals surface area contributed by atoms with Crippen LogP contribution in [-0.4, -0.2) is 30.0 Å². The molecular weight excluding hydrogens is 339 g/mol. The van der Waals surface area contributed by atoms with Gasteiger partial charge in [-0.25, -0.2) is 0 Å². The predicted octanol–water partition coefficient (Wildman–Crippen LogP) is 3.42. The van der Waals surface area contributed by atoms with Gasteiger partial charge in [0.15, 0.2) is 0 Å². The van der Waals surface area contributed by atoms with Crippen molar-refractivity contribution in [3.63, 3.8) is 0 Å². The Bertz CT molecular complexity index is 698. The van der Waals surface area contributed by atoms with Gasteiger partial charge in [0.1, 0.15) is 17.3 Å². The van der Waals surface area contributed by atoms with Gasteiger partial charge in [0.05, 0.1) is 28.8 Å². The van der Waals surface area contributed by atoms with Crippen LogP contribution < -0.4 is 14.8 Å². The van der Waals surface area contributed by atoms with Crippen LogP contribution >= 0.6 is 11.6 Å². The zero-order chi connectivity index (χ0) is 17.6. The monoisotopic (exact) mass is 351 g/mol. The maximum Gasteiger partial charge on any atom is 0.573 e. The van der Waals surface area contributed by atoms with E-state index in [4.69, 9.17) is 16.3 Å². The van der Waals surface area contributed by atoms with Gasteiger partial charge in [-0.3, -0.25) is 4.79 Å². The van der Waals surface area contributed by atoms with Crippen LogP contribution in [0.2, 0.25) is 5.02 Å². The van der Waals surface area contributed by atoms with Gasteiger partial charge in [0, 0.05) is 12.1 Å². The first-order valence-electron chi connectivity index (χ1n) is 6.36. The molecule has 0 saturated heterocycles. The average Bonchev–Trinajstić information content (AvgIpc) is 2.57. The highest BCUT2D eigenvalue weighted by Crippen LogP contribution is 2.42. The van der Waals surface area contributed by atoms with E-state index in [9.17, 15) is 23.1 Å². The van der Waals surface area contributed by atoms with Gasteiger partial charge >= 0.3 is 6.36 Å². The van der Waals surface area contributed by atoms with E-state index >= 15 is 0 Å². The molecule has 0 aliphatic carbocycles. The lowest BCUT2D eigenvalue weighted by Crippen LogP contribution is -2.38. The second kappa shape index (κ2) is 5.52. The van der Waals surface area contributed by atoms with E-state index in [1.54, 1.807) is 13.8 Å². The second-order valence-corrected chi connectivity index (χ2v) is 5.74. The molecule has 0 radical (unpaired) electrons. The molecule has 0 aromatic heterocycles. The number of methoxy groups -OCH3 is 1. The Labute approximate surface area is 134 Å². The largest absolute Gasteiger partial charge is 0.573 e. The molecule has 0 spiro atoms. The highest BCUT2D eigenvalue weighted by molar-refractivity contribution is 6.36. The molecule has 1 amide bonds. The lowest BCUT2D eigenvalue weighted by Gasteiger charge is -2.17. The third-order valence-electron chi connectivity index (χ3n) is 3.21. The van der Waals surface area contributed by atoms with Gasteiger partial charge in [0.25, 0.3) is 5.91 Å². The standard InChI is InChI=1S/C14H13ClF3NO4/c1-13(2)11(20)10(12(21)19-13)9-7(15)4-6(5-8(9)22-3)23-14(16,17)18/h4-5,20H,1-3H3,(H,19,21). The molecule has 0 saturated carbocycles. The smallest absolute Gasteiger partial charge is 0.509 e. The van der Waals surface area contributed by atoms with E-state index in [-0.39, 0.29) is 27.7 Å². The second-order valence-electron chi connectivity index (χ2n) is 5.33. The molecule has 9 heteroatoms. The van der Waals surface area contributed by atoms with Gasteiger partial charge in [-0.05, 0) is 13.8 Å². The van der Waals surface area contributed by atoms with E-state index in [0.717, 1.165) is 12.1 Å². The summed E-state index contributed by atoms with van der Waals surface area (Å²) in [6.07, 6.45) is -4.90. The number of benzene rings is 1. The van der Waals surface area contributed by atoms with Crippen molar-refractivity contribution in [2.45, 2.75) is 25.7 Å². The Hall–Kier alpha value is -2.09. The van der Waals surface area contributed by atoms with Gasteiger partial charge in [0.2, 0.25) is 0 Å². The summed E-state index contributed by atoms with van der Waals surface area (Å²) in [5.74, 6) is -1.63. The topological polar surface area (TPSA) is 67.8 Å². The minimum absolute atomic E-state index is 0.00994. The first-order chi connectivity index (χ1) is 10.5. The summed E-state index contributed by atoms with van der Waals surface area (Å²) in [6.45, 7) is 3.13. The molecule has 126 valence electrons. The number of alkyl halides is 3. The Morgan fingerprint density at radius 3 is 2.35 bits per heavy atom. The third kappa shape index (κ3) is 3.31. The molecule has 2 N–H and O–H groups in total. The predicted molar refractivity (Wildman–Crippen MR) is 76.5 cm³/mol. The van der Waals surface area contributed by atoms with Crippen molar-refractivity contribution in [3.05, 3.63) is 28.5 Å². The van der Waals surface area contributed by atoms with Crippen molar-refractivity contribution in [1.29, 1.82) is 0 Å². The molecule has 1 heterocycles. The van der Waals surface area contributed by atoms with Crippen molar-refractivity contribution >= 4 is 23.1 Å². The summed E-state index contributed by atoms with van der Waals surface area (Å²) in [5.41, 5.74) is -1.19. The summed E-state index contributed by atoms with van der Waals surface area (Å²) < 4.78 is 45.7.